The molecule has 0 atom stereocenters. The molecule has 0 fully saturated rings. The van der Waals surface area contributed by atoms with E-state index in [0.717, 1.165) is 22.0 Å². The Labute approximate surface area is 114 Å². The third-order valence-electron chi connectivity index (χ3n) is 2.98. The van der Waals surface area contributed by atoms with Crippen LogP contribution in [0.1, 0.15) is 5.56 Å². The van der Waals surface area contributed by atoms with Crippen molar-refractivity contribution in [3.8, 4) is 11.4 Å². The third kappa shape index (κ3) is 2.17. The summed E-state index contributed by atoms with van der Waals surface area (Å²) in [5, 5.41) is 1.24. The summed E-state index contributed by atoms with van der Waals surface area (Å²) >= 11 is 6.19. The summed E-state index contributed by atoms with van der Waals surface area (Å²) in [4.78, 5) is 8.79. The minimum Gasteiger partial charge on any atom is -0.228 e. The van der Waals surface area contributed by atoms with Gasteiger partial charge in [-0.3, -0.25) is 0 Å². The van der Waals surface area contributed by atoms with Gasteiger partial charge in [-0.2, -0.15) is 0 Å². The van der Waals surface area contributed by atoms with Crippen molar-refractivity contribution in [1.29, 1.82) is 0 Å². The maximum atomic E-state index is 12.9. The first kappa shape index (κ1) is 12.1. The van der Waals surface area contributed by atoms with E-state index >= 15 is 0 Å². The molecule has 0 amide bonds. The molecule has 2 nitrogen and oxygen atoms in total. The van der Waals surface area contributed by atoms with Crippen LogP contribution in [0.15, 0.2) is 42.5 Å². The highest BCUT2D eigenvalue weighted by atomic mass is 35.5. The van der Waals surface area contributed by atoms with Crippen LogP contribution in [0.2, 0.25) is 5.15 Å². The van der Waals surface area contributed by atoms with E-state index in [4.69, 9.17) is 11.6 Å². The second-order valence-corrected chi connectivity index (χ2v) is 4.67. The maximum Gasteiger partial charge on any atom is 0.161 e. The topological polar surface area (TPSA) is 25.8 Å². The number of para-hydroxylation sites is 1. The predicted molar refractivity (Wildman–Crippen MR) is 74.7 cm³/mol. The first-order chi connectivity index (χ1) is 9.15. The number of halogens is 2. The van der Waals surface area contributed by atoms with Gasteiger partial charge in [-0.1, -0.05) is 23.7 Å². The van der Waals surface area contributed by atoms with Crippen molar-refractivity contribution in [2.24, 2.45) is 0 Å². The van der Waals surface area contributed by atoms with Gasteiger partial charge in [0.25, 0.3) is 0 Å². The van der Waals surface area contributed by atoms with Crippen molar-refractivity contribution < 1.29 is 4.39 Å². The Hall–Kier alpha value is -2.00. The Morgan fingerprint density at radius 1 is 1.00 bits per heavy atom. The lowest BCUT2D eigenvalue weighted by Gasteiger charge is -2.06. The molecule has 2 aromatic carbocycles. The molecular weight excluding hydrogens is 263 g/mol. The molecule has 1 aromatic heterocycles. The van der Waals surface area contributed by atoms with Gasteiger partial charge in [0.2, 0.25) is 0 Å². The highest BCUT2D eigenvalue weighted by molar-refractivity contribution is 6.34. The summed E-state index contributed by atoms with van der Waals surface area (Å²) in [6.45, 7) is 1.97. The molecule has 0 unspecified atom stereocenters. The number of rotatable bonds is 1. The lowest BCUT2D eigenvalue weighted by molar-refractivity contribution is 0.628. The number of hydrogen-bond donors (Lipinski definition) is 0. The largest absolute Gasteiger partial charge is 0.228 e. The molecule has 4 heteroatoms. The van der Waals surface area contributed by atoms with Crippen molar-refractivity contribution in [1.82, 2.24) is 9.97 Å². The Balaban J connectivity index is 2.25. The van der Waals surface area contributed by atoms with Crippen LogP contribution in [0.25, 0.3) is 22.3 Å². The molecule has 0 aliphatic heterocycles. The molecule has 0 spiro atoms. The van der Waals surface area contributed by atoms with E-state index in [1.54, 1.807) is 12.1 Å². The Bertz CT molecular complexity index is 754. The summed E-state index contributed by atoms with van der Waals surface area (Å²) in [5.41, 5.74) is 2.60. The molecule has 0 aliphatic rings. The van der Waals surface area contributed by atoms with E-state index in [1.165, 1.54) is 12.1 Å². The van der Waals surface area contributed by atoms with E-state index < -0.39 is 0 Å². The maximum absolute atomic E-state index is 12.9. The first-order valence-electron chi connectivity index (χ1n) is 5.84. The Morgan fingerprint density at radius 2 is 1.74 bits per heavy atom. The summed E-state index contributed by atoms with van der Waals surface area (Å²) < 4.78 is 12.9. The Morgan fingerprint density at radius 3 is 2.47 bits per heavy atom. The van der Waals surface area contributed by atoms with Crippen LogP contribution in [0, 0.1) is 12.7 Å². The van der Waals surface area contributed by atoms with Gasteiger partial charge in [0.15, 0.2) is 5.82 Å². The van der Waals surface area contributed by atoms with Gasteiger partial charge in [0.1, 0.15) is 11.0 Å². The molecular formula is C15H10ClFN2. The second kappa shape index (κ2) is 4.59. The fraction of sp³-hybridized carbons (Fsp3) is 0.0667. The van der Waals surface area contributed by atoms with Gasteiger partial charge in [-0.05, 0) is 42.8 Å². The van der Waals surface area contributed by atoms with Crippen LogP contribution in [-0.2, 0) is 0 Å². The summed E-state index contributed by atoms with van der Waals surface area (Å²) in [7, 11) is 0. The molecule has 0 saturated heterocycles. The van der Waals surface area contributed by atoms with Crippen molar-refractivity contribution in [2.75, 3.05) is 0 Å². The van der Waals surface area contributed by atoms with Crippen molar-refractivity contribution >= 4 is 22.5 Å². The molecule has 0 aliphatic carbocycles. The number of nitrogens with zero attached hydrogens (tertiary/aromatic N) is 2. The minimum atomic E-state index is -0.285. The van der Waals surface area contributed by atoms with Crippen molar-refractivity contribution in [2.45, 2.75) is 6.92 Å². The fourth-order valence-corrected chi connectivity index (χ4v) is 2.22. The minimum absolute atomic E-state index is 0.285. The number of aromatic nitrogens is 2. The van der Waals surface area contributed by atoms with Crippen molar-refractivity contribution in [3.63, 3.8) is 0 Å². The lowest BCUT2D eigenvalue weighted by Crippen LogP contribution is -1.93. The van der Waals surface area contributed by atoms with E-state index in [1.807, 2.05) is 25.1 Å². The van der Waals surface area contributed by atoms with Gasteiger partial charge in [0, 0.05) is 10.9 Å². The zero-order valence-corrected chi connectivity index (χ0v) is 10.9. The van der Waals surface area contributed by atoms with Crippen LogP contribution >= 0.6 is 11.6 Å². The molecule has 0 bridgehead atoms. The molecule has 0 radical (unpaired) electrons. The lowest BCUT2D eigenvalue weighted by atomic mass is 10.1. The van der Waals surface area contributed by atoms with Crippen molar-refractivity contribution in [3.05, 3.63) is 59.0 Å². The van der Waals surface area contributed by atoms with Crippen LogP contribution in [0.3, 0.4) is 0 Å². The first-order valence-corrected chi connectivity index (χ1v) is 6.22. The van der Waals surface area contributed by atoms with E-state index in [2.05, 4.69) is 9.97 Å². The molecule has 1 heterocycles. The molecule has 19 heavy (non-hydrogen) atoms. The SMILES string of the molecule is Cc1cccc2c(Cl)nc(-c3ccc(F)cc3)nc12. The number of hydrogen-bond acceptors (Lipinski definition) is 2. The van der Waals surface area contributed by atoms with Gasteiger partial charge in [-0.25, -0.2) is 14.4 Å². The molecule has 3 rings (SSSR count). The van der Waals surface area contributed by atoms with Crippen LogP contribution < -0.4 is 0 Å². The van der Waals surface area contributed by atoms with Crippen LogP contribution in [-0.4, -0.2) is 9.97 Å². The average molecular weight is 273 g/mol. The zero-order valence-electron chi connectivity index (χ0n) is 10.2. The number of aryl methyl sites for hydroxylation is 1. The van der Waals surface area contributed by atoms with Gasteiger partial charge in [0.05, 0.1) is 5.52 Å². The van der Waals surface area contributed by atoms with Gasteiger partial charge in [-0.15, -0.1) is 0 Å². The molecule has 0 saturated carbocycles. The van der Waals surface area contributed by atoms with Gasteiger partial charge >= 0.3 is 0 Å². The normalized spacial score (nSPS) is 10.9. The quantitative estimate of drug-likeness (QED) is 0.614. The highest BCUT2D eigenvalue weighted by Crippen LogP contribution is 2.26. The highest BCUT2D eigenvalue weighted by Gasteiger charge is 2.09. The average Bonchev–Trinajstić information content (AvgIpc) is 2.41. The monoisotopic (exact) mass is 272 g/mol. The number of fused-ring (bicyclic) bond motifs is 1. The van der Waals surface area contributed by atoms with E-state index in [9.17, 15) is 4.39 Å². The van der Waals surface area contributed by atoms with Gasteiger partial charge < -0.3 is 0 Å². The van der Waals surface area contributed by atoms with E-state index in [0.29, 0.717) is 11.0 Å². The van der Waals surface area contributed by atoms with E-state index in [-0.39, 0.29) is 5.82 Å². The molecule has 3 aromatic rings. The Kier molecular flexibility index (Phi) is 2.91. The fourth-order valence-electron chi connectivity index (χ4n) is 1.99. The predicted octanol–water partition coefficient (Wildman–Crippen LogP) is 4.40. The summed E-state index contributed by atoms with van der Waals surface area (Å²) in [5.74, 6) is 0.221. The third-order valence-corrected chi connectivity index (χ3v) is 3.27. The standard InChI is InChI=1S/C15H10ClFN2/c1-9-3-2-4-12-13(9)18-15(19-14(12)16)10-5-7-11(17)8-6-10/h2-8H,1H3. The molecule has 0 N–H and O–H groups in total. The van der Waals surface area contributed by atoms with Crippen LogP contribution in [0.4, 0.5) is 4.39 Å². The molecule has 94 valence electrons. The summed E-state index contributed by atoms with van der Waals surface area (Å²) in [6.07, 6.45) is 0. The number of benzene rings is 2. The smallest absolute Gasteiger partial charge is 0.161 e. The second-order valence-electron chi connectivity index (χ2n) is 4.32. The summed E-state index contributed by atoms with van der Waals surface area (Å²) in [6, 6.07) is 11.8. The van der Waals surface area contributed by atoms with Crippen LogP contribution in [0.5, 0.6) is 0 Å². The zero-order chi connectivity index (χ0) is 13.4.